The van der Waals surface area contributed by atoms with E-state index in [9.17, 15) is 31.2 Å². The van der Waals surface area contributed by atoms with Crippen molar-refractivity contribution >= 4 is 39.3 Å². The van der Waals surface area contributed by atoms with E-state index in [1.54, 1.807) is 31.2 Å². The van der Waals surface area contributed by atoms with Crippen molar-refractivity contribution in [1.29, 1.82) is 0 Å². The number of thioether (sulfide) groups is 1. The number of sulfonamides is 1. The van der Waals surface area contributed by atoms with Crippen molar-refractivity contribution in [3.63, 3.8) is 0 Å². The molecule has 12 heteroatoms. The quantitative estimate of drug-likeness (QED) is 0.139. The maximum Gasteiger partial charge on any atom is 0.416 e. The average molecular weight is 669 g/mol. The van der Waals surface area contributed by atoms with Crippen molar-refractivity contribution in [2.24, 2.45) is 0 Å². The van der Waals surface area contributed by atoms with Crippen LogP contribution in [0.5, 0.6) is 0 Å². The van der Waals surface area contributed by atoms with Gasteiger partial charge in [0.1, 0.15) is 6.04 Å². The Kier molecular flexibility index (Phi) is 10.1. The topological polar surface area (TPSA) is 92.8 Å². The maximum atomic E-state index is 14.0. The molecule has 0 aliphatic carbocycles. The molecule has 4 aromatic carbocycles. The number of hydrogen-bond donors (Lipinski definition) is 1. The normalized spacial score (nSPS) is 14.5. The van der Waals surface area contributed by atoms with Crippen LogP contribution in [-0.2, 0) is 43.5 Å². The number of esters is 1. The van der Waals surface area contributed by atoms with Gasteiger partial charge in [-0.1, -0.05) is 54.6 Å². The molecule has 0 bridgehead atoms. The van der Waals surface area contributed by atoms with Crippen LogP contribution in [0.25, 0.3) is 11.1 Å². The maximum absolute atomic E-state index is 14.0. The molecule has 0 radical (unpaired) electrons. The Bertz CT molecular complexity index is 1830. The first kappa shape index (κ1) is 33.1. The summed E-state index contributed by atoms with van der Waals surface area (Å²) in [7, 11) is -4.24. The average Bonchev–Trinajstić information content (AvgIpc) is 3.45. The molecule has 1 aliphatic heterocycles. The summed E-state index contributed by atoms with van der Waals surface area (Å²) in [5.74, 6) is -0.189. The predicted octanol–water partition coefficient (Wildman–Crippen LogP) is 6.85. The van der Waals surface area contributed by atoms with Gasteiger partial charge >= 0.3 is 12.1 Å². The standard InChI is InChI=1S/C34H31F3N2O5S2/c1-2-44-32(40)17-18-45-28-11-5-7-23(19-28)22-38-33(41)31-21-26-8-3-4-12-30(26)39(31)46(42,43)29-15-13-24(14-16-29)25-9-6-10-27(20-25)34(35,36)37/h3-16,19-20,31H,2,17-18,21-22H2,1H3,(H,38,41)/t31-/m0/s1. The largest absolute Gasteiger partial charge is 0.466 e. The summed E-state index contributed by atoms with van der Waals surface area (Å²) >= 11 is 1.49. The zero-order chi connectivity index (χ0) is 32.9. The zero-order valence-corrected chi connectivity index (χ0v) is 26.4. The number of rotatable bonds is 11. The van der Waals surface area contributed by atoms with Gasteiger partial charge in [0, 0.05) is 23.6 Å². The second kappa shape index (κ2) is 14.0. The Balaban J connectivity index is 1.32. The van der Waals surface area contributed by atoms with Gasteiger partial charge in [-0.25, -0.2) is 8.42 Å². The summed E-state index contributed by atoms with van der Waals surface area (Å²) in [6.45, 7) is 2.25. The molecule has 0 aromatic heterocycles. The van der Waals surface area contributed by atoms with Crippen LogP contribution < -0.4 is 9.62 Å². The zero-order valence-electron chi connectivity index (χ0n) is 24.8. The molecule has 1 atom stereocenters. The van der Waals surface area contributed by atoms with Gasteiger partial charge in [0.2, 0.25) is 5.91 Å². The first-order valence-electron chi connectivity index (χ1n) is 14.5. The number of amides is 1. The molecule has 240 valence electrons. The van der Waals surface area contributed by atoms with Gasteiger partial charge in [-0.05, 0) is 71.6 Å². The lowest BCUT2D eigenvalue weighted by molar-refractivity contribution is -0.142. The molecule has 1 heterocycles. The van der Waals surface area contributed by atoms with Gasteiger partial charge in [0.15, 0.2) is 0 Å². The Morgan fingerprint density at radius 1 is 0.935 bits per heavy atom. The van der Waals surface area contributed by atoms with E-state index in [0.29, 0.717) is 34.7 Å². The number of nitrogens with one attached hydrogen (secondary N) is 1. The number of alkyl halides is 3. The third-order valence-electron chi connectivity index (χ3n) is 7.41. The molecule has 7 nitrogen and oxygen atoms in total. The molecular weight excluding hydrogens is 638 g/mol. The second-order valence-corrected chi connectivity index (χ2v) is 13.5. The van der Waals surface area contributed by atoms with E-state index < -0.39 is 33.7 Å². The summed E-state index contributed by atoms with van der Waals surface area (Å²) in [5.41, 5.74) is 1.82. The van der Waals surface area contributed by atoms with E-state index >= 15 is 0 Å². The SMILES string of the molecule is CCOC(=O)CCSc1cccc(CNC(=O)[C@@H]2Cc3ccccc3N2S(=O)(=O)c2ccc(-c3cccc(C(F)(F)F)c3)cc2)c1. The number of hydrogen-bond acceptors (Lipinski definition) is 6. The molecule has 46 heavy (non-hydrogen) atoms. The van der Waals surface area contributed by atoms with Crippen molar-refractivity contribution in [2.45, 2.75) is 48.3 Å². The Morgan fingerprint density at radius 2 is 1.67 bits per heavy atom. The molecular formula is C34H31F3N2O5S2. The Labute approximate surface area is 269 Å². The molecule has 0 fully saturated rings. The van der Waals surface area contributed by atoms with Crippen LogP contribution in [0.3, 0.4) is 0 Å². The van der Waals surface area contributed by atoms with E-state index in [4.69, 9.17) is 4.74 Å². The summed E-state index contributed by atoms with van der Waals surface area (Å²) in [6.07, 6.45) is -4.06. The minimum absolute atomic E-state index is 0.0923. The number of para-hydroxylation sites is 1. The third-order valence-corrected chi connectivity index (χ3v) is 10.2. The Hall–Kier alpha value is -4.29. The number of halogens is 3. The highest BCUT2D eigenvalue weighted by atomic mass is 32.2. The Morgan fingerprint density at radius 3 is 2.41 bits per heavy atom. The van der Waals surface area contributed by atoms with Crippen molar-refractivity contribution in [3.05, 3.63) is 114 Å². The van der Waals surface area contributed by atoms with Crippen LogP contribution in [0.15, 0.2) is 107 Å². The van der Waals surface area contributed by atoms with Crippen LogP contribution in [0, 0.1) is 0 Å². The second-order valence-electron chi connectivity index (χ2n) is 10.5. The first-order valence-corrected chi connectivity index (χ1v) is 16.9. The van der Waals surface area contributed by atoms with Crippen LogP contribution in [0.2, 0.25) is 0 Å². The molecule has 0 saturated carbocycles. The van der Waals surface area contributed by atoms with Crippen molar-refractivity contribution in [2.75, 3.05) is 16.7 Å². The van der Waals surface area contributed by atoms with E-state index in [1.165, 1.54) is 48.2 Å². The van der Waals surface area contributed by atoms with E-state index in [2.05, 4.69) is 5.32 Å². The fourth-order valence-corrected chi connectivity index (χ4v) is 7.76. The number of ether oxygens (including phenoxy) is 1. The first-order chi connectivity index (χ1) is 22.0. The van der Waals surface area contributed by atoms with Gasteiger partial charge in [0.05, 0.1) is 29.2 Å². The minimum Gasteiger partial charge on any atom is -0.466 e. The van der Waals surface area contributed by atoms with Gasteiger partial charge < -0.3 is 10.1 Å². The summed E-state index contributed by atoms with van der Waals surface area (Å²) < 4.78 is 73.8. The van der Waals surface area contributed by atoms with Crippen LogP contribution >= 0.6 is 11.8 Å². The number of carbonyl (C=O) groups is 2. The molecule has 1 amide bonds. The molecule has 1 aliphatic rings. The molecule has 5 rings (SSSR count). The van der Waals surface area contributed by atoms with Crippen molar-refractivity contribution in [3.8, 4) is 11.1 Å². The fourth-order valence-electron chi connectivity index (χ4n) is 5.20. The molecule has 0 unspecified atom stereocenters. The molecule has 4 aromatic rings. The number of fused-ring (bicyclic) bond motifs is 1. The fraction of sp³-hybridized carbons (Fsp3) is 0.235. The predicted molar refractivity (Wildman–Crippen MR) is 171 cm³/mol. The lowest BCUT2D eigenvalue weighted by Gasteiger charge is -2.26. The van der Waals surface area contributed by atoms with E-state index in [1.807, 2.05) is 24.3 Å². The van der Waals surface area contributed by atoms with E-state index in [-0.39, 0.29) is 30.3 Å². The lowest BCUT2D eigenvalue weighted by Crippen LogP contribution is -2.47. The third kappa shape index (κ3) is 7.56. The number of carbonyl (C=O) groups excluding carboxylic acids is 2. The van der Waals surface area contributed by atoms with Crippen molar-refractivity contribution in [1.82, 2.24) is 5.32 Å². The van der Waals surface area contributed by atoms with Crippen molar-refractivity contribution < 1.29 is 35.9 Å². The lowest BCUT2D eigenvalue weighted by atomic mass is 10.0. The molecule has 1 N–H and O–H groups in total. The van der Waals surface area contributed by atoms with Gasteiger partial charge in [-0.3, -0.25) is 13.9 Å². The number of nitrogens with zero attached hydrogens (tertiary/aromatic N) is 1. The van der Waals surface area contributed by atoms with E-state index in [0.717, 1.165) is 26.9 Å². The smallest absolute Gasteiger partial charge is 0.416 e. The van der Waals surface area contributed by atoms with Crippen LogP contribution in [0.4, 0.5) is 18.9 Å². The highest BCUT2D eigenvalue weighted by Gasteiger charge is 2.42. The highest BCUT2D eigenvalue weighted by Crippen LogP contribution is 2.38. The summed E-state index contributed by atoms with van der Waals surface area (Å²) in [5, 5.41) is 2.88. The monoisotopic (exact) mass is 668 g/mol. The molecule has 0 spiro atoms. The molecule has 0 saturated heterocycles. The highest BCUT2D eigenvalue weighted by molar-refractivity contribution is 7.99. The van der Waals surface area contributed by atoms with Crippen LogP contribution in [0.1, 0.15) is 30.0 Å². The van der Waals surface area contributed by atoms with Gasteiger partial charge in [-0.2, -0.15) is 13.2 Å². The van der Waals surface area contributed by atoms with Crippen LogP contribution in [-0.4, -0.2) is 38.7 Å². The minimum atomic E-state index is -4.51. The number of benzene rings is 4. The van der Waals surface area contributed by atoms with Gasteiger partial charge in [0.25, 0.3) is 10.0 Å². The van der Waals surface area contributed by atoms with Gasteiger partial charge in [-0.15, -0.1) is 11.8 Å². The number of anilines is 1. The summed E-state index contributed by atoms with van der Waals surface area (Å²) in [4.78, 5) is 26.0. The summed E-state index contributed by atoms with van der Waals surface area (Å²) in [6, 6.07) is 23.7.